The van der Waals surface area contributed by atoms with Crippen LogP contribution >= 0.6 is 0 Å². The van der Waals surface area contributed by atoms with Gasteiger partial charge in [-0.2, -0.15) is 0 Å². The van der Waals surface area contributed by atoms with E-state index in [1.165, 1.54) is 12.7 Å². The molecule has 6 atom stereocenters. The molecule has 0 aromatic rings. The van der Waals surface area contributed by atoms with Crippen molar-refractivity contribution in [1.29, 1.82) is 0 Å². The number of aldehydes is 1. The van der Waals surface area contributed by atoms with Crippen molar-refractivity contribution in [2.45, 2.75) is 84.3 Å². The number of rotatable bonds is 8. The van der Waals surface area contributed by atoms with Crippen LogP contribution in [0.3, 0.4) is 0 Å². The van der Waals surface area contributed by atoms with E-state index in [9.17, 15) is 9.59 Å². The molecule has 0 aromatic heterocycles. The van der Waals surface area contributed by atoms with Crippen molar-refractivity contribution in [3.63, 3.8) is 0 Å². The van der Waals surface area contributed by atoms with E-state index >= 15 is 0 Å². The minimum atomic E-state index is -0.344. The van der Waals surface area contributed by atoms with E-state index in [0.29, 0.717) is 37.0 Å². The van der Waals surface area contributed by atoms with E-state index in [1.54, 1.807) is 0 Å². The number of carbonyl (C=O) groups excluding carboxylic acids is 2. The molecule has 6 nitrogen and oxygen atoms in total. The molecule has 2 aliphatic heterocycles. The first-order valence-corrected chi connectivity index (χ1v) is 12.2. The van der Waals surface area contributed by atoms with Gasteiger partial charge in [-0.1, -0.05) is 27.2 Å². The smallest absolute Gasteiger partial charge is 0.224 e. The van der Waals surface area contributed by atoms with E-state index in [1.807, 2.05) is 0 Å². The Bertz CT molecular complexity index is 580. The minimum absolute atomic E-state index is 0.00558. The summed E-state index contributed by atoms with van der Waals surface area (Å²) in [5.41, 5.74) is -0.344. The molecule has 1 amide bonds. The second-order valence-corrected chi connectivity index (χ2v) is 10.1. The summed E-state index contributed by atoms with van der Waals surface area (Å²) in [4.78, 5) is 27.5. The molecule has 1 aliphatic carbocycles. The molecule has 2 saturated heterocycles. The molecular weight excluding hydrogens is 378 g/mol. The van der Waals surface area contributed by atoms with E-state index < -0.39 is 0 Å². The van der Waals surface area contributed by atoms with Crippen LogP contribution in [0.5, 0.6) is 0 Å². The molecule has 2 N–H and O–H groups in total. The van der Waals surface area contributed by atoms with Crippen LogP contribution in [-0.4, -0.2) is 68.1 Å². The Morgan fingerprint density at radius 3 is 2.60 bits per heavy atom. The number of nitrogens with one attached hydrogen (secondary N) is 2. The Hall–Kier alpha value is -0.980. The summed E-state index contributed by atoms with van der Waals surface area (Å²) in [5, 5.41) is 6.63. The van der Waals surface area contributed by atoms with E-state index in [4.69, 9.17) is 4.74 Å². The zero-order valence-corrected chi connectivity index (χ0v) is 19.5. The lowest BCUT2D eigenvalue weighted by Crippen LogP contribution is -2.57. The summed E-state index contributed by atoms with van der Waals surface area (Å²) >= 11 is 0. The van der Waals surface area contributed by atoms with Crippen molar-refractivity contribution in [2.75, 3.05) is 32.8 Å². The van der Waals surface area contributed by atoms with Crippen molar-refractivity contribution in [1.82, 2.24) is 15.5 Å². The van der Waals surface area contributed by atoms with Crippen molar-refractivity contribution >= 4 is 12.2 Å². The summed E-state index contributed by atoms with van der Waals surface area (Å²) in [5.74, 6) is 0.819. The van der Waals surface area contributed by atoms with E-state index in [2.05, 4.69) is 43.2 Å². The molecule has 6 unspecified atom stereocenters. The van der Waals surface area contributed by atoms with Gasteiger partial charge in [-0.05, 0) is 57.4 Å². The van der Waals surface area contributed by atoms with Gasteiger partial charge in [0.15, 0.2) is 0 Å². The van der Waals surface area contributed by atoms with Crippen LogP contribution < -0.4 is 10.6 Å². The molecule has 3 aliphatic rings. The first-order valence-electron chi connectivity index (χ1n) is 12.2. The Kier molecular flexibility index (Phi) is 8.33. The molecular formula is C24H43N3O3. The van der Waals surface area contributed by atoms with Crippen molar-refractivity contribution in [2.24, 2.45) is 23.2 Å². The molecule has 1 saturated carbocycles. The van der Waals surface area contributed by atoms with Crippen LogP contribution in [0.25, 0.3) is 0 Å². The highest BCUT2D eigenvalue weighted by Crippen LogP contribution is 2.42. The van der Waals surface area contributed by atoms with Crippen LogP contribution in [0.2, 0.25) is 0 Å². The predicted molar refractivity (Wildman–Crippen MR) is 119 cm³/mol. The monoisotopic (exact) mass is 421 g/mol. The van der Waals surface area contributed by atoms with Gasteiger partial charge >= 0.3 is 0 Å². The van der Waals surface area contributed by atoms with Gasteiger partial charge in [0.1, 0.15) is 6.29 Å². The Morgan fingerprint density at radius 2 is 1.97 bits per heavy atom. The molecule has 0 radical (unpaired) electrons. The first-order chi connectivity index (χ1) is 14.4. The van der Waals surface area contributed by atoms with Crippen LogP contribution in [-0.2, 0) is 14.3 Å². The molecule has 3 fully saturated rings. The third-order valence-corrected chi connectivity index (χ3v) is 8.27. The summed E-state index contributed by atoms with van der Waals surface area (Å²) in [7, 11) is 0. The normalized spacial score (nSPS) is 38.4. The lowest BCUT2D eigenvalue weighted by molar-refractivity contribution is -0.129. The van der Waals surface area contributed by atoms with Gasteiger partial charge in [-0.15, -0.1) is 0 Å². The summed E-state index contributed by atoms with van der Waals surface area (Å²) < 4.78 is 5.58. The fourth-order valence-corrected chi connectivity index (χ4v) is 6.34. The van der Waals surface area contributed by atoms with Gasteiger partial charge in [-0.25, -0.2) is 0 Å². The maximum absolute atomic E-state index is 12.4. The Labute approximate surface area is 182 Å². The van der Waals surface area contributed by atoms with Gasteiger partial charge < -0.3 is 20.2 Å². The highest BCUT2D eigenvalue weighted by Gasteiger charge is 2.46. The molecule has 6 heteroatoms. The van der Waals surface area contributed by atoms with Crippen molar-refractivity contribution in [3.05, 3.63) is 0 Å². The standard InChI is InChI=1S/C24H43N3O3/c1-5-27(20-8-11-30-12-9-20)22-7-6-10-24(16-28,19(22)4)15-25-14-21-17(2)13-18(3)26-23(21)29/h16-22,25H,5-15H2,1-4H3,(H,26,29). The van der Waals surface area contributed by atoms with Gasteiger partial charge in [0.25, 0.3) is 0 Å². The Morgan fingerprint density at radius 1 is 1.23 bits per heavy atom. The molecule has 3 rings (SSSR count). The lowest BCUT2D eigenvalue weighted by atomic mass is 9.64. The van der Waals surface area contributed by atoms with E-state index in [0.717, 1.165) is 51.9 Å². The van der Waals surface area contributed by atoms with Crippen LogP contribution in [0.4, 0.5) is 0 Å². The average Bonchev–Trinajstić information content (AvgIpc) is 2.73. The van der Waals surface area contributed by atoms with Gasteiger partial charge in [0, 0.05) is 49.8 Å². The average molecular weight is 422 g/mol. The first kappa shape index (κ1) is 23.7. The maximum atomic E-state index is 12.4. The number of hydrogen-bond donors (Lipinski definition) is 2. The lowest BCUT2D eigenvalue weighted by Gasteiger charge is -2.50. The summed E-state index contributed by atoms with van der Waals surface area (Å²) in [6, 6.07) is 1.27. The SMILES string of the molecule is CCN(C1CCOCC1)C1CCCC(C=O)(CNCC2C(=O)NC(C)CC2C)C1C. The second-order valence-electron chi connectivity index (χ2n) is 10.1. The van der Waals surface area contributed by atoms with Gasteiger partial charge in [0.2, 0.25) is 5.91 Å². The molecule has 0 aromatic carbocycles. The number of hydrogen-bond acceptors (Lipinski definition) is 5. The van der Waals surface area contributed by atoms with Gasteiger partial charge in [0.05, 0.1) is 5.92 Å². The molecule has 0 bridgehead atoms. The third kappa shape index (κ3) is 5.08. The maximum Gasteiger partial charge on any atom is 0.224 e. The summed E-state index contributed by atoms with van der Waals surface area (Å²) in [6.45, 7) is 12.8. The van der Waals surface area contributed by atoms with Crippen LogP contribution in [0.1, 0.15) is 66.2 Å². The van der Waals surface area contributed by atoms with Crippen molar-refractivity contribution in [3.8, 4) is 0 Å². The largest absolute Gasteiger partial charge is 0.381 e. The number of piperidine rings is 1. The topological polar surface area (TPSA) is 70.7 Å². The molecule has 0 spiro atoms. The quantitative estimate of drug-likeness (QED) is 0.590. The number of amides is 1. The third-order valence-electron chi connectivity index (χ3n) is 8.27. The van der Waals surface area contributed by atoms with Crippen LogP contribution in [0.15, 0.2) is 0 Å². The van der Waals surface area contributed by atoms with Crippen molar-refractivity contribution < 1.29 is 14.3 Å². The summed E-state index contributed by atoms with van der Waals surface area (Å²) in [6.07, 6.45) is 7.63. The molecule has 2 heterocycles. The number of nitrogens with zero attached hydrogens (tertiary/aromatic N) is 1. The number of ether oxygens (including phenoxy) is 1. The zero-order chi connectivity index (χ0) is 21.7. The highest BCUT2D eigenvalue weighted by atomic mass is 16.5. The Balaban J connectivity index is 1.63. The van der Waals surface area contributed by atoms with Gasteiger partial charge in [-0.3, -0.25) is 9.69 Å². The molecule has 30 heavy (non-hydrogen) atoms. The van der Waals surface area contributed by atoms with E-state index in [-0.39, 0.29) is 23.3 Å². The van der Waals surface area contributed by atoms with Crippen LogP contribution in [0, 0.1) is 23.2 Å². The fraction of sp³-hybridized carbons (Fsp3) is 0.917. The minimum Gasteiger partial charge on any atom is -0.381 e. The highest BCUT2D eigenvalue weighted by molar-refractivity contribution is 5.80. The fourth-order valence-electron chi connectivity index (χ4n) is 6.34. The second kappa shape index (κ2) is 10.6. The molecule has 172 valence electrons. The number of carbonyl (C=O) groups is 2. The zero-order valence-electron chi connectivity index (χ0n) is 19.5. The predicted octanol–water partition coefficient (Wildman–Crippen LogP) is 2.61.